The smallest absolute Gasteiger partial charge is 0.317 e. The molecule has 0 saturated carbocycles. The maximum atomic E-state index is 12.3. The SMILES string of the molecule is CC1CN(C(=O)NC2CC(=O)N(Cc3ccccc3)C2)CCO1. The molecule has 1 N–H and O–H groups in total. The molecule has 3 rings (SSSR count). The van der Waals surface area contributed by atoms with E-state index in [9.17, 15) is 9.59 Å². The highest BCUT2D eigenvalue weighted by molar-refractivity contribution is 5.81. The fourth-order valence-electron chi connectivity index (χ4n) is 3.09. The molecule has 2 aliphatic heterocycles. The lowest BCUT2D eigenvalue weighted by molar-refractivity contribution is -0.128. The number of nitrogens with one attached hydrogen (secondary N) is 1. The topological polar surface area (TPSA) is 61.9 Å². The summed E-state index contributed by atoms with van der Waals surface area (Å²) in [7, 11) is 0. The first-order chi connectivity index (χ1) is 11.1. The van der Waals surface area contributed by atoms with E-state index in [4.69, 9.17) is 4.74 Å². The predicted octanol–water partition coefficient (Wildman–Crippen LogP) is 1.22. The number of carbonyl (C=O) groups excluding carboxylic acids is 2. The van der Waals surface area contributed by atoms with Crippen LogP contribution in [0.1, 0.15) is 18.9 Å². The molecule has 0 radical (unpaired) electrons. The number of amides is 3. The largest absolute Gasteiger partial charge is 0.375 e. The summed E-state index contributed by atoms with van der Waals surface area (Å²) in [4.78, 5) is 28.0. The van der Waals surface area contributed by atoms with E-state index in [-0.39, 0.29) is 24.1 Å². The lowest BCUT2D eigenvalue weighted by Gasteiger charge is -2.32. The molecule has 3 amide bonds. The molecule has 0 spiro atoms. The highest BCUT2D eigenvalue weighted by atomic mass is 16.5. The first kappa shape index (κ1) is 15.8. The molecule has 23 heavy (non-hydrogen) atoms. The Morgan fingerprint density at radius 1 is 1.30 bits per heavy atom. The van der Waals surface area contributed by atoms with Gasteiger partial charge >= 0.3 is 6.03 Å². The van der Waals surface area contributed by atoms with Gasteiger partial charge in [0.05, 0.1) is 18.8 Å². The number of hydrogen-bond acceptors (Lipinski definition) is 3. The van der Waals surface area contributed by atoms with Gasteiger partial charge in [0.25, 0.3) is 0 Å². The second kappa shape index (κ2) is 7.00. The van der Waals surface area contributed by atoms with Crippen molar-refractivity contribution < 1.29 is 14.3 Å². The number of ether oxygens (including phenoxy) is 1. The summed E-state index contributed by atoms with van der Waals surface area (Å²) in [5, 5.41) is 2.98. The van der Waals surface area contributed by atoms with Crippen molar-refractivity contribution in [1.29, 1.82) is 0 Å². The fourth-order valence-corrected chi connectivity index (χ4v) is 3.09. The van der Waals surface area contributed by atoms with Gasteiger partial charge in [-0.2, -0.15) is 0 Å². The lowest BCUT2D eigenvalue weighted by Crippen LogP contribution is -2.51. The summed E-state index contributed by atoms with van der Waals surface area (Å²) >= 11 is 0. The van der Waals surface area contributed by atoms with Crippen LogP contribution in [0.25, 0.3) is 0 Å². The minimum absolute atomic E-state index is 0.0642. The highest BCUT2D eigenvalue weighted by Crippen LogP contribution is 2.15. The van der Waals surface area contributed by atoms with Gasteiger partial charge in [-0.3, -0.25) is 4.79 Å². The van der Waals surface area contributed by atoms with E-state index < -0.39 is 0 Å². The number of rotatable bonds is 3. The van der Waals surface area contributed by atoms with E-state index in [1.807, 2.05) is 42.2 Å². The zero-order valence-corrected chi connectivity index (χ0v) is 13.4. The number of benzene rings is 1. The number of likely N-dealkylation sites (tertiary alicyclic amines) is 1. The Hall–Kier alpha value is -2.08. The quantitative estimate of drug-likeness (QED) is 0.912. The molecular weight excluding hydrogens is 294 g/mol. The van der Waals surface area contributed by atoms with Crippen LogP contribution in [0.4, 0.5) is 4.79 Å². The van der Waals surface area contributed by atoms with Gasteiger partial charge < -0.3 is 19.9 Å². The van der Waals surface area contributed by atoms with Crippen molar-refractivity contribution in [3.63, 3.8) is 0 Å². The normalized spacial score (nSPS) is 24.8. The maximum Gasteiger partial charge on any atom is 0.317 e. The Bertz CT molecular complexity index is 563. The zero-order chi connectivity index (χ0) is 16.2. The molecule has 2 fully saturated rings. The second-order valence-corrected chi connectivity index (χ2v) is 6.24. The molecular formula is C17H23N3O3. The molecule has 1 aromatic carbocycles. The average Bonchev–Trinajstić information content (AvgIpc) is 2.88. The van der Waals surface area contributed by atoms with Gasteiger partial charge in [-0.25, -0.2) is 4.79 Å². The zero-order valence-electron chi connectivity index (χ0n) is 13.4. The van der Waals surface area contributed by atoms with Crippen LogP contribution in [0.5, 0.6) is 0 Å². The number of hydrogen-bond donors (Lipinski definition) is 1. The van der Waals surface area contributed by atoms with Crippen LogP contribution in [-0.4, -0.2) is 60.1 Å². The van der Waals surface area contributed by atoms with Crippen LogP contribution in [0.15, 0.2) is 30.3 Å². The van der Waals surface area contributed by atoms with Gasteiger partial charge in [0.1, 0.15) is 0 Å². The van der Waals surface area contributed by atoms with Crippen molar-refractivity contribution in [1.82, 2.24) is 15.1 Å². The van der Waals surface area contributed by atoms with Crippen LogP contribution in [-0.2, 0) is 16.1 Å². The van der Waals surface area contributed by atoms with Crippen molar-refractivity contribution >= 4 is 11.9 Å². The van der Waals surface area contributed by atoms with Gasteiger partial charge in [-0.1, -0.05) is 30.3 Å². The lowest BCUT2D eigenvalue weighted by atomic mass is 10.2. The standard InChI is InChI=1S/C17H23N3O3/c1-13-10-19(7-8-23-13)17(22)18-15-9-16(21)20(12-15)11-14-5-3-2-4-6-14/h2-6,13,15H,7-12H2,1H3,(H,18,22). The average molecular weight is 317 g/mol. The second-order valence-electron chi connectivity index (χ2n) is 6.24. The van der Waals surface area contributed by atoms with Crippen LogP contribution >= 0.6 is 0 Å². The minimum Gasteiger partial charge on any atom is -0.375 e. The monoisotopic (exact) mass is 317 g/mol. The molecule has 2 unspecified atom stereocenters. The molecule has 6 nitrogen and oxygen atoms in total. The Morgan fingerprint density at radius 2 is 2.09 bits per heavy atom. The van der Waals surface area contributed by atoms with Gasteiger partial charge in [-0.05, 0) is 12.5 Å². The maximum absolute atomic E-state index is 12.3. The van der Waals surface area contributed by atoms with Gasteiger partial charge in [-0.15, -0.1) is 0 Å². The summed E-state index contributed by atoms with van der Waals surface area (Å²) in [5.41, 5.74) is 1.11. The molecule has 2 saturated heterocycles. The fraction of sp³-hybridized carbons (Fsp3) is 0.529. The Balaban J connectivity index is 1.52. The Labute approximate surface area is 136 Å². The molecule has 0 aliphatic carbocycles. The van der Waals surface area contributed by atoms with Gasteiger partial charge in [0, 0.05) is 32.6 Å². The third-order valence-electron chi connectivity index (χ3n) is 4.29. The van der Waals surface area contributed by atoms with E-state index in [0.29, 0.717) is 39.2 Å². The number of urea groups is 1. The van der Waals surface area contributed by atoms with Crippen LogP contribution in [0, 0.1) is 0 Å². The van der Waals surface area contributed by atoms with E-state index >= 15 is 0 Å². The van der Waals surface area contributed by atoms with Crippen LogP contribution < -0.4 is 5.32 Å². The Kier molecular flexibility index (Phi) is 4.81. The third kappa shape index (κ3) is 4.01. The van der Waals surface area contributed by atoms with Crippen molar-refractivity contribution in [2.24, 2.45) is 0 Å². The molecule has 0 bridgehead atoms. The summed E-state index contributed by atoms with van der Waals surface area (Å²) in [6.07, 6.45) is 0.438. The minimum atomic E-state index is -0.114. The summed E-state index contributed by atoms with van der Waals surface area (Å²) in [5.74, 6) is 0.0921. The predicted molar refractivity (Wildman–Crippen MR) is 85.8 cm³/mol. The van der Waals surface area contributed by atoms with Gasteiger partial charge in [0.2, 0.25) is 5.91 Å². The number of nitrogens with zero attached hydrogens (tertiary/aromatic N) is 2. The van der Waals surface area contributed by atoms with E-state index in [2.05, 4.69) is 5.32 Å². The molecule has 6 heteroatoms. The molecule has 2 aliphatic rings. The molecule has 2 atom stereocenters. The third-order valence-corrected chi connectivity index (χ3v) is 4.29. The van der Waals surface area contributed by atoms with Crippen LogP contribution in [0.3, 0.4) is 0 Å². The first-order valence-electron chi connectivity index (χ1n) is 8.10. The van der Waals surface area contributed by atoms with Crippen LogP contribution in [0.2, 0.25) is 0 Å². The van der Waals surface area contributed by atoms with E-state index in [1.54, 1.807) is 4.90 Å². The summed E-state index contributed by atoms with van der Waals surface area (Å²) in [6, 6.07) is 9.70. The van der Waals surface area contributed by atoms with Crippen molar-refractivity contribution in [2.75, 3.05) is 26.2 Å². The summed E-state index contributed by atoms with van der Waals surface area (Å²) in [6.45, 7) is 4.89. The van der Waals surface area contributed by atoms with Crippen molar-refractivity contribution in [3.05, 3.63) is 35.9 Å². The van der Waals surface area contributed by atoms with Crippen molar-refractivity contribution in [3.8, 4) is 0 Å². The Morgan fingerprint density at radius 3 is 2.83 bits per heavy atom. The number of morpholine rings is 1. The molecule has 1 aromatic rings. The number of carbonyl (C=O) groups is 2. The summed E-state index contributed by atoms with van der Waals surface area (Å²) < 4.78 is 5.44. The van der Waals surface area contributed by atoms with E-state index in [1.165, 1.54) is 0 Å². The van der Waals surface area contributed by atoms with Gasteiger partial charge in [0.15, 0.2) is 0 Å². The van der Waals surface area contributed by atoms with Crippen molar-refractivity contribution in [2.45, 2.75) is 32.0 Å². The van der Waals surface area contributed by atoms with E-state index in [0.717, 1.165) is 5.56 Å². The molecule has 2 heterocycles. The molecule has 0 aromatic heterocycles. The molecule has 124 valence electrons. The highest BCUT2D eigenvalue weighted by Gasteiger charge is 2.32. The first-order valence-corrected chi connectivity index (χ1v) is 8.10.